The molecule has 0 unspecified atom stereocenters. The van der Waals surface area contributed by atoms with E-state index in [-0.39, 0.29) is 17.0 Å². The third-order valence-electron chi connectivity index (χ3n) is 3.50. The number of nitrogens with zero attached hydrogens (tertiary/aromatic N) is 1. The normalized spacial score (nSPS) is 21.7. The lowest BCUT2D eigenvalue weighted by Gasteiger charge is -2.32. The summed E-state index contributed by atoms with van der Waals surface area (Å²) in [5.74, 6) is 1.40. The van der Waals surface area contributed by atoms with Crippen molar-refractivity contribution in [3.8, 4) is 0 Å². The van der Waals surface area contributed by atoms with Gasteiger partial charge in [0.25, 0.3) is 0 Å². The minimum absolute atomic E-state index is 0.308. The van der Waals surface area contributed by atoms with E-state index in [2.05, 4.69) is 4.98 Å². The maximum atomic E-state index is 13.4. The summed E-state index contributed by atoms with van der Waals surface area (Å²) in [6, 6.07) is 1.32. The summed E-state index contributed by atoms with van der Waals surface area (Å²) in [6.45, 7) is 7.91. The van der Waals surface area contributed by atoms with E-state index in [1.807, 2.05) is 27.7 Å². The lowest BCUT2D eigenvalue weighted by Crippen LogP contribution is -2.41. The summed E-state index contributed by atoms with van der Waals surface area (Å²) in [6.07, 6.45) is 4.52. The molecule has 0 radical (unpaired) electrons. The first-order chi connectivity index (χ1) is 8.32. The molecule has 1 aromatic heterocycles. The predicted molar refractivity (Wildman–Crippen MR) is 69.3 cm³/mol. The number of halogens is 1. The van der Waals surface area contributed by atoms with Crippen molar-refractivity contribution < 1.29 is 13.7 Å². The van der Waals surface area contributed by atoms with Gasteiger partial charge in [0, 0.05) is 18.0 Å². The Morgan fingerprint density at radius 1 is 1.22 bits per heavy atom. The average molecular weight is 249 g/mol. The zero-order chi connectivity index (χ0) is 13.4. The molecule has 18 heavy (non-hydrogen) atoms. The summed E-state index contributed by atoms with van der Waals surface area (Å²) in [5, 5.41) is 0. The number of hydrogen-bond donors (Lipinski definition) is 0. The highest BCUT2D eigenvalue weighted by molar-refractivity contribution is 6.52. The topological polar surface area (TPSA) is 31.4 Å². The monoisotopic (exact) mass is 249 g/mol. The van der Waals surface area contributed by atoms with E-state index >= 15 is 0 Å². The molecular weight excluding hydrogens is 232 g/mol. The largest absolute Gasteiger partial charge is 0.487 e. The summed E-state index contributed by atoms with van der Waals surface area (Å²) >= 11 is 0. The van der Waals surface area contributed by atoms with Gasteiger partial charge in [0.1, 0.15) is 5.82 Å². The van der Waals surface area contributed by atoms with Gasteiger partial charge in [0.2, 0.25) is 0 Å². The first kappa shape index (κ1) is 13.2. The number of hydrogen-bond acceptors (Lipinski definition) is 3. The molecule has 1 aliphatic heterocycles. The molecule has 0 atom stereocenters. The molecule has 2 rings (SSSR count). The van der Waals surface area contributed by atoms with Crippen LogP contribution < -0.4 is 0 Å². The molecule has 1 aliphatic rings. The van der Waals surface area contributed by atoms with E-state index in [4.69, 9.17) is 9.31 Å². The van der Waals surface area contributed by atoms with Gasteiger partial charge in [-0.05, 0) is 33.8 Å². The van der Waals surface area contributed by atoms with Gasteiger partial charge in [-0.15, -0.1) is 0 Å². The minimum atomic E-state index is -0.463. The molecule has 0 aliphatic carbocycles. The molecule has 0 spiro atoms. The fraction of sp³-hybridized carbons (Fsp3) is 0.462. The molecule has 0 saturated carbocycles. The Balaban J connectivity index is 2.11. The van der Waals surface area contributed by atoms with Crippen LogP contribution in [0.15, 0.2) is 24.4 Å². The number of aromatic nitrogens is 1. The van der Waals surface area contributed by atoms with Crippen LogP contribution in [0, 0.1) is 5.82 Å². The molecule has 1 fully saturated rings. The number of pyridine rings is 1. The maximum Gasteiger partial charge on any atom is 0.487 e. The Bertz CT molecular complexity index is 458. The van der Waals surface area contributed by atoms with Gasteiger partial charge in [-0.3, -0.25) is 4.98 Å². The lowest BCUT2D eigenvalue weighted by molar-refractivity contribution is 0.00578. The second-order valence-electron chi connectivity index (χ2n) is 5.38. The maximum absolute atomic E-state index is 13.4. The highest BCUT2D eigenvalue weighted by Gasteiger charge is 2.49. The van der Waals surface area contributed by atoms with Crippen molar-refractivity contribution in [3.05, 3.63) is 35.8 Å². The molecule has 0 aromatic carbocycles. The second kappa shape index (κ2) is 4.48. The molecule has 0 bridgehead atoms. The fourth-order valence-electron chi connectivity index (χ4n) is 1.66. The predicted octanol–water partition coefficient (Wildman–Crippen LogP) is 2.87. The van der Waals surface area contributed by atoms with Gasteiger partial charge in [0.05, 0.1) is 11.2 Å². The van der Waals surface area contributed by atoms with Gasteiger partial charge in [-0.2, -0.15) is 0 Å². The molecule has 0 amide bonds. The van der Waals surface area contributed by atoms with Crippen molar-refractivity contribution in [2.24, 2.45) is 0 Å². The van der Waals surface area contributed by atoms with Crippen molar-refractivity contribution in [1.82, 2.24) is 4.98 Å². The van der Waals surface area contributed by atoms with Gasteiger partial charge in [-0.1, -0.05) is 12.1 Å². The van der Waals surface area contributed by atoms with Crippen molar-refractivity contribution in [3.63, 3.8) is 0 Å². The Labute approximate surface area is 107 Å². The lowest BCUT2D eigenvalue weighted by atomic mass is 9.89. The zero-order valence-electron chi connectivity index (χ0n) is 11.1. The van der Waals surface area contributed by atoms with Crippen LogP contribution in [-0.4, -0.2) is 23.3 Å². The van der Waals surface area contributed by atoms with Crippen molar-refractivity contribution >= 4 is 13.2 Å². The Hall–Kier alpha value is -1.20. The third-order valence-corrected chi connectivity index (χ3v) is 3.50. The third kappa shape index (κ3) is 2.47. The van der Waals surface area contributed by atoms with Crippen LogP contribution in [0.5, 0.6) is 0 Å². The van der Waals surface area contributed by atoms with E-state index in [1.54, 1.807) is 12.1 Å². The smallest absolute Gasteiger partial charge is 0.400 e. The summed E-state index contributed by atoms with van der Waals surface area (Å²) in [7, 11) is -0.463. The molecule has 96 valence electrons. The minimum Gasteiger partial charge on any atom is -0.400 e. The quantitative estimate of drug-likeness (QED) is 0.755. The van der Waals surface area contributed by atoms with Crippen molar-refractivity contribution in [2.45, 2.75) is 38.9 Å². The van der Waals surface area contributed by atoms with Crippen LogP contribution in [0.4, 0.5) is 4.39 Å². The molecule has 2 heterocycles. The van der Waals surface area contributed by atoms with Crippen LogP contribution in [0.25, 0.3) is 6.08 Å². The van der Waals surface area contributed by atoms with Crippen LogP contribution in [0.1, 0.15) is 33.3 Å². The van der Waals surface area contributed by atoms with E-state index in [0.29, 0.717) is 5.56 Å². The molecular formula is C13H17BFNO2. The van der Waals surface area contributed by atoms with E-state index < -0.39 is 7.12 Å². The van der Waals surface area contributed by atoms with Gasteiger partial charge in [0.15, 0.2) is 0 Å². The summed E-state index contributed by atoms with van der Waals surface area (Å²) < 4.78 is 24.9. The summed E-state index contributed by atoms with van der Waals surface area (Å²) in [4.78, 5) is 3.88. The van der Waals surface area contributed by atoms with Gasteiger partial charge >= 0.3 is 7.12 Å². The molecule has 1 aromatic rings. The highest BCUT2D eigenvalue weighted by atomic mass is 19.1. The number of rotatable bonds is 2. The Morgan fingerprint density at radius 2 is 1.83 bits per heavy atom. The SMILES string of the molecule is CC1(C)OB(/C=C/c2cnccc2F)OC1(C)C. The Kier molecular flexibility index (Phi) is 3.30. The Morgan fingerprint density at radius 3 is 2.39 bits per heavy atom. The first-order valence-electron chi connectivity index (χ1n) is 5.95. The average Bonchev–Trinajstić information content (AvgIpc) is 2.46. The van der Waals surface area contributed by atoms with Crippen molar-refractivity contribution in [1.29, 1.82) is 0 Å². The van der Waals surface area contributed by atoms with E-state index in [9.17, 15) is 4.39 Å². The first-order valence-corrected chi connectivity index (χ1v) is 5.95. The van der Waals surface area contributed by atoms with E-state index in [1.165, 1.54) is 18.5 Å². The zero-order valence-corrected chi connectivity index (χ0v) is 11.1. The molecule has 0 N–H and O–H groups in total. The molecule has 1 saturated heterocycles. The van der Waals surface area contributed by atoms with Crippen LogP contribution in [-0.2, 0) is 9.31 Å². The standard InChI is InChI=1S/C13H17BFNO2/c1-12(2)13(3,4)18-14(17-12)7-5-10-9-16-8-6-11(10)15/h5-9H,1-4H3/b7-5+. The fourth-order valence-corrected chi connectivity index (χ4v) is 1.66. The van der Waals surface area contributed by atoms with Crippen LogP contribution in [0.3, 0.4) is 0 Å². The summed E-state index contributed by atoms with van der Waals surface area (Å²) in [5.41, 5.74) is -0.336. The van der Waals surface area contributed by atoms with E-state index in [0.717, 1.165) is 0 Å². The van der Waals surface area contributed by atoms with Crippen LogP contribution in [0.2, 0.25) is 0 Å². The van der Waals surface area contributed by atoms with Crippen molar-refractivity contribution in [2.75, 3.05) is 0 Å². The highest BCUT2D eigenvalue weighted by Crippen LogP contribution is 2.37. The van der Waals surface area contributed by atoms with Crippen LogP contribution >= 0.6 is 0 Å². The van der Waals surface area contributed by atoms with Gasteiger partial charge < -0.3 is 9.31 Å². The molecule has 3 nitrogen and oxygen atoms in total. The van der Waals surface area contributed by atoms with Gasteiger partial charge in [-0.25, -0.2) is 4.39 Å². The molecule has 5 heteroatoms. The second-order valence-corrected chi connectivity index (χ2v) is 5.38.